The number of hydrogen-bond donors (Lipinski definition) is 4. The monoisotopic (exact) mass is 448 g/mol. The standard InChI is InChI=1S/C24H32N8O/c1-16(25)11-20(33)14-27-15-28-21(17-7-9-19(10-8-17)32(3)4)12-23(26-2)29-24-13-22(30-31-24)18-5-6-18/h7-13,18,27-28H,2,5-6,14-15,25H2,1,3-4H3,(H,30,31)/b16-11-,21-12-,29-23?. The lowest BCUT2D eigenvalue weighted by Gasteiger charge is -2.15. The molecule has 1 heterocycles. The largest absolute Gasteiger partial charge is 0.402 e. The van der Waals surface area contributed by atoms with E-state index in [0.717, 1.165) is 22.6 Å². The van der Waals surface area contributed by atoms with Gasteiger partial charge < -0.3 is 16.0 Å². The van der Waals surface area contributed by atoms with Gasteiger partial charge in [-0.25, -0.2) is 9.98 Å². The van der Waals surface area contributed by atoms with Crippen LogP contribution in [-0.4, -0.2) is 55.8 Å². The highest BCUT2D eigenvalue weighted by atomic mass is 16.1. The van der Waals surface area contributed by atoms with Crippen LogP contribution in [0, 0.1) is 0 Å². The first-order valence-electron chi connectivity index (χ1n) is 10.9. The molecule has 9 nitrogen and oxygen atoms in total. The summed E-state index contributed by atoms with van der Waals surface area (Å²) in [6.45, 7) is 5.89. The summed E-state index contributed by atoms with van der Waals surface area (Å²) in [4.78, 5) is 22.5. The highest BCUT2D eigenvalue weighted by Crippen LogP contribution is 2.39. The molecule has 0 saturated heterocycles. The number of nitrogens with one attached hydrogen (secondary N) is 3. The molecule has 1 aliphatic carbocycles. The Kier molecular flexibility index (Phi) is 8.15. The number of H-pyrrole nitrogens is 1. The molecule has 0 spiro atoms. The Balaban J connectivity index is 1.78. The van der Waals surface area contributed by atoms with E-state index in [0.29, 0.717) is 29.9 Å². The minimum atomic E-state index is -0.0855. The van der Waals surface area contributed by atoms with Gasteiger partial charge in [0.15, 0.2) is 17.4 Å². The first kappa shape index (κ1) is 23.9. The maximum Gasteiger partial charge on any atom is 0.176 e. The van der Waals surface area contributed by atoms with Crippen molar-refractivity contribution in [3.8, 4) is 0 Å². The molecule has 0 aliphatic heterocycles. The molecule has 1 saturated carbocycles. The number of ketones is 1. The van der Waals surface area contributed by atoms with Crippen molar-refractivity contribution in [3.05, 3.63) is 59.4 Å². The first-order valence-corrected chi connectivity index (χ1v) is 10.9. The number of benzene rings is 1. The van der Waals surface area contributed by atoms with Crippen LogP contribution in [0.5, 0.6) is 0 Å². The predicted molar refractivity (Wildman–Crippen MR) is 135 cm³/mol. The van der Waals surface area contributed by atoms with Crippen LogP contribution < -0.4 is 21.3 Å². The van der Waals surface area contributed by atoms with Gasteiger partial charge in [-0.1, -0.05) is 12.1 Å². The number of nitrogens with zero attached hydrogens (tertiary/aromatic N) is 4. The zero-order valence-electron chi connectivity index (χ0n) is 19.4. The molecule has 9 heteroatoms. The van der Waals surface area contributed by atoms with Gasteiger partial charge in [0, 0.05) is 61.0 Å². The molecule has 0 unspecified atom stereocenters. The van der Waals surface area contributed by atoms with E-state index < -0.39 is 0 Å². The minimum Gasteiger partial charge on any atom is -0.402 e. The molecule has 0 amide bonds. The molecule has 1 aliphatic rings. The number of anilines is 1. The van der Waals surface area contributed by atoms with Crippen LogP contribution in [0.25, 0.3) is 5.70 Å². The van der Waals surface area contributed by atoms with Crippen molar-refractivity contribution in [2.45, 2.75) is 25.7 Å². The zero-order chi connectivity index (χ0) is 23.8. The average molecular weight is 449 g/mol. The number of rotatable bonds is 11. The summed E-state index contributed by atoms with van der Waals surface area (Å²) in [6.07, 6.45) is 5.60. The van der Waals surface area contributed by atoms with Crippen molar-refractivity contribution in [2.24, 2.45) is 15.7 Å². The van der Waals surface area contributed by atoms with E-state index >= 15 is 0 Å². The lowest BCUT2D eigenvalue weighted by molar-refractivity contribution is -0.113. The van der Waals surface area contributed by atoms with E-state index in [1.807, 2.05) is 55.4 Å². The fraction of sp³-hybridized carbons (Fsp3) is 0.333. The van der Waals surface area contributed by atoms with Crippen molar-refractivity contribution >= 4 is 35.5 Å². The van der Waals surface area contributed by atoms with Crippen LogP contribution in [0.3, 0.4) is 0 Å². The number of hydrogen-bond acceptors (Lipinski definition) is 7. The zero-order valence-corrected chi connectivity index (χ0v) is 19.4. The molecule has 1 aromatic carbocycles. The van der Waals surface area contributed by atoms with E-state index in [9.17, 15) is 4.79 Å². The summed E-state index contributed by atoms with van der Waals surface area (Å²) in [5.74, 6) is 1.49. The number of carbonyl (C=O) groups is 1. The smallest absolute Gasteiger partial charge is 0.176 e. The maximum atomic E-state index is 11.8. The summed E-state index contributed by atoms with van der Waals surface area (Å²) in [6, 6.07) is 10.0. The predicted octanol–water partition coefficient (Wildman–Crippen LogP) is 2.69. The Morgan fingerprint density at radius 1 is 1.30 bits per heavy atom. The molecular weight excluding hydrogens is 416 g/mol. The van der Waals surface area contributed by atoms with Crippen molar-refractivity contribution in [3.63, 3.8) is 0 Å². The molecule has 0 radical (unpaired) electrons. The number of aromatic amines is 1. The normalized spacial score (nSPS) is 14.8. The Morgan fingerprint density at radius 3 is 2.64 bits per heavy atom. The fourth-order valence-electron chi connectivity index (χ4n) is 3.17. The lowest BCUT2D eigenvalue weighted by atomic mass is 10.1. The molecule has 174 valence electrons. The Bertz CT molecular complexity index is 1050. The third-order valence-corrected chi connectivity index (χ3v) is 5.05. The van der Waals surface area contributed by atoms with Crippen LogP contribution in [0.15, 0.2) is 58.2 Å². The van der Waals surface area contributed by atoms with E-state index in [4.69, 9.17) is 5.73 Å². The molecule has 0 atom stereocenters. The van der Waals surface area contributed by atoms with Gasteiger partial charge in [0.2, 0.25) is 0 Å². The van der Waals surface area contributed by atoms with Crippen LogP contribution in [0.1, 0.15) is 36.9 Å². The van der Waals surface area contributed by atoms with Gasteiger partial charge in [-0.3, -0.25) is 15.2 Å². The summed E-state index contributed by atoms with van der Waals surface area (Å²) in [5.41, 5.74) is 9.97. The third-order valence-electron chi connectivity index (χ3n) is 5.05. The fourth-order valence-corrected chi connectivity index (χ4v) is 3.17. The molecule has 2 aromatic rings. The lowest BCUT2D eigenvalue weighted by Crippen LogP contribution is -2.32. The van der Waals surface area contributed by atoms with Crippen molar-refractivity contribution in [1.29, 1.82) is 0 Å². The van der Waals surface area contributed by atoms with Gasteiger partial charge in [-0.2, -0.15) is 5.10 Å². The summed E-state index contributed by atoms with van der Waals surface area (Å²) in [5, 5.41) is 13.7. The molecular formula is C24H32N8O. The van der Waals surface area contributed by atoms with E-state index in [2.05, 4.69) is 37.5 Å². The number of nitrogens with two attached hydrogens (primary N) is 1. The molecule has 1 fully saturated rings. The van der Waals surface area contributed by atoms with Crippen LogP contribution >= 0.6 is 0 Å². The highest BCUT2D eigenvalue weighted by molar-refractivity contribution is 6.02. The second-order valence-corrected chi connectivity index (χ2v) is 8.22. The Morgan fingerprint density at radius 2 is 2.03 bits per heavy atom. The second kappa shape index (κ2) is 11.2. The average Bonchev–Trinajstić information content (AvgIpc) is 3.53. The topological polar surface area (TPSA) is 124 Å². The molecule has 3 rings (SSSR count). The second-order valence-electron chi connectivity index (χ2n) is 8.22. The van der Waals surface area contributed by atoms with Crippen LogP contribution in [-0.2, 0) is 4.79 Å². The summed E-state index contributed by atoms with van der Waals surface area (Å²) in [7, 11) is 3.99. The van der Waals surface area contributed by atoms with Gasteiger partial charge in [-0.15, -0.1) is 0 Å². The number of aliphatic imine (C=N–C) groups is 2. The summed E-state index contributed by atoms with van der Waals surface area (Å²) < 4.78 is 0. The van der Waals surface area contributed by atoms with Gasteiger partial charge in [0.05, 0.1) is 13.2 Å². The SMILES string of the molecule is C=NC(/C=C(\NCNCC(=O)/C=C(/C)N)c1ccc(N(C)C)cc1)=Nc1cc(C2CC2)[nH]n1. The van der Waals surface area contributed by atoms with Crippen molar-refractivity contribution in [2.75, 3.05) is 32.2 Å². The van der Waals surface area contributed by atoms with E-state index in [-0.39, 0.29) is 12.3 Å². The van der Waals surface area contributed by atoms with Gasteiger partial charge in [0.25, 0.3) is 0 Å². The highest BCUT2D eigenvalue weighted by Gasteiger charge is 2.25. The van der Waals surface area contributed by atoms with Gasteiger partial charge in [0.1, 0.15) is 0 Å². The molecule has 5 N–H and O–H groups in total. The molecule has 1 aromatic heterocycles. The van der Waals surface area contributed by atoms with Crippen LogP contribution in [0.2, 0.25) is 0 Å². The Labute approximate surface area is 194 Å². The van der Waals surface area contributed by atoms with Crippen molar-refractivity contribution < 1.29 is 4.79 Å². The number of carbonyl (C=O) groups excluding carboxylic acids is 1. The third kappa shape index (κ3) is 7.43. The minimum absolute atomic E-state index is 0.0855. The van der Waals surface area contributed by atoms with E-state index in [1.165, 1.54) is 18.9 Å². The summed E-state index contributed by atoms with van der Waals surface area (Å²) >= 11 is 0. The van der Waals surface area contributed by atoms with Gasteiger partial charge in [-0.05, 0) is 44.2 Å². The number of aromatic nitrogens is 2. The Hall–Kier alpha value is -3.72. The number of amidine groups is 1. The van der Waals surface area contributed by atoms with Crippen molar-refractivity contribution in [1.82, 2.24) is 20.8 Å². The van der Waals surface area contributed by atoms with Crippen LogP contribution in [0.4, 0.5) is 11.5 Å². The number of allylic oxidation sites excluding steroid dienone is 1. The maximum absolute atomic E-state index is 11.8. The first-order chi connectivity index (χ1) is 15.9. The van der Waals surface area contributed by atoms with E-state index in [1.54, 1.807) is 6.92 Å². The van der Waals surface area contributed by atoms with Gasteiger partial charge >= 0.3 is 0 Å². The molecule has 0 bridgehead atoms. The quantitative estimate of drug-likeness (QED) is 0.138. The molecule has 33 heavy (non-hydrogen) atoms.